The molecule has 4 nitrogen and oxygen atoms in total. The van der Waals surface area contributed by atoms with E-state index in [1.54, 1.807) is 0 Å². The van der Waals surface area contributed by atoms with Gasteiger partial charge in [-0.05, 0) is 44.4 Å². The zero-order chi connectivity index (χ0) is 15.7. The summed E-state index contributed by atoms with van der Waals surface area (Å²) in [6, 6.07) is 6.55. The molecule has 3 rings (SSSR count). The number of carbonyl (C=O) groups is 1. The number of rotatable bonds is 4. The zero-order valence-electron chi connectivity index (χ0n) is 13.4. The summed E-state index contributed by atoms with van der Waals surface area (Å²) in [5.41, 5.74) is 2.48. The van der Waals surface area contributed by atoms with E-state index in [4.69, 9.17) is 11.6 Å². The first-order valence-electron chi connectivity index (χ1n) is 8.20. The normalized spacial score (nSPS) is 20.8. The van der Waals surface area contributed by atoms with E-state index >= 15 is 0 Å². The molecule has 0 unspecified atom stereocenters. The fraction of sp³-hybridized carbons (Fsp3) is 0.588. The lowest BCUT2D eigenvalue weighted by atomic mass is 10.1. The minimum atomic E-state index is 0.0446. The lowest BCUT2D eigenvalue weighted by molar-refractivity contribution is -0.914. The molecule has 1 heterocycles. The van der Waals surface area contributed by atoms with Crippen molar-refractivity contribution < 1.29 is 9.69 Å². The summed E-state index contributed by atoms with van der Waals surface area (Å²) in [4.78, 5) is 15.9. The number of benzene rings is 1. The lowest BCUT2D eigenvalue weighted by Gasteiger charge is -2.36. The molecular formula is C17H25ClN3O+. The van der Waals surface area contributed by atoms with Crippen LogP contribution < -0.4 is 15.1 Å². The molecule has 1 amide bonds. The van der Waals surface area contributed by atoms with Gasteiger partial charge in [0.25, 0.3) is 5.91 Å². The van der Waals surface area contributed by atoms with Crippen molar-refractivity contribution in [3.05, 3.63) is 28.8 Å². The summed E-state index contributed by atoms with van der Waals surface area (Å²) >= 11 is 6.13. The van der Waals surface area contributed by atoms with Crippen LogP contribution in [0.5, 0.6) is 0 Å². The van der Waals surface area contributed by atoms with Crippen molar-refractivity contribution in [1.82, 2.24) is 5.32 Å². The maximum atomic E-state index is 12.2. The number of aryl methyl sites for hydroxylation is 1. The molecule has 22 heavy (non-hydrogen) atoms. The number of nitrogens with one attached hydrogen (secondary N) is 2. The second-order valence-corrected chi connectivity index (χ2v) is 7.02. The van der Waals surface area contributed by atoms with Crippen molar-refractivity contribution in [2.24, 2.45) is 0 Å². The van der Waals surface area contributed by atoms with E-state index in [2.05, 4.69) is 23.2 Å². The molecule has 0 aromatic heterocycles. The minimum Gasteiger partial charge on any atom is -0.360 e. The number of hydrogen-bond donors (Lipinski definition) is 2. The van der Waals surface area contributed by atoms with E-state index < -0.39 is 0 Å². The van der Waals surface area contributed by atoms with Crippen molar-refractivity contribution in [3.63, 3.8) is 0 Å². The summed E-state index contributed by atoms with van der Waals surface area (Å²) in [6.45, 7) is 8.09. The lowest BCUT2D eigenvalue weighted by Crippen LogP contribution is -3.19. The van der Waals surface area contributed by atoms with E-state index in [1.165, 1.54) is 16.2 Å². The van der Waals surface area contributed by atoms with E-state index in [0.29, 0.717) is 6.04 Å². The van der Waals surface area contributed by atoms with Crippen LogP contribution in [-0.4, -0.2) is 44.2 Å². The summed E-state index contributed by atoms with van der Waals surface area (Å²) < 4.78 is 0. The van der Waals surface area contributed by atoms with Crippen LogP contribution >= 0.6 is 11.6 Å². The van der Waals surface area contributed by atoms with Gasteiger partial charge >= 0.3 is 0 Å². The molecule has 5 heteroatoms. The fourth-order valence-corrected chi connectivity index (χ4v) is 3.30. The Labute approximate surface area is 137 Å². The highest BCUT2D eigenvalue weighted by Gasteiger charge is 2.32. The van der Waals surface area contributed by atoms with Gasteiger partial charge in [0, 0.05) is 16.8 Å². The van der Waals surface area contributed by atoms with Crippen LogP contribution in [0.3, 0.4) is 0 Å². The maximum Gasteiger partial charge on any atom is 0.278 e. The SMILES string of the molecule is Cc1ccc(Cl)cc1N1CC[NH+]([C@@H](C)C(=O)NC2CC2)CC1. The average Bonchev–Trinajstić information content (AvgIpc) is 3.33. The Balaban J connectivity index is 1.57. The molecule has 1 aliphatic carbocycles. The van der Waals surface area contributed by atoms with Gasteiger partial charge in [0.2, 0.25) is 0 Å². The predicted octanol–water partition coefficient (Wildman–Crippen LogP) is 1.02. The van der Waals surface area contributed by atoms with Crippen LogP contribution in [0.25, 0.3) is 0 Å². The van der Waals surface area contributed by atoms with Crippen molar-refractivity contribution in [3.8, 4) is 0 Å². The highest BCUT2D eigenvalue weighted by Crippen LogP contribution is 2.24. The molecule has 1 aromatic carbocycles. The van der Waals surface area contributed by atoms with Gasteiger partial charge < -0.3 is 15.1 Å². The molecular weight excluding hydrogens is 298 g/mol. The number of piperazine rings is 1. The molecule has 120 valence electrons. The highest BCUT2D eigenvalue weighted by atomic mass is 35.5. The van der Waals surface area contributed by atoms with Crippen LogP contribution in [0.4, 0.5) is 5.69 Å². The van der Waals surface area contributed by atoms with Crippen molar-refractivity contribution in [1.29, 1.82) is 0 Å². The molecule has 1 saturated carbocycles. The van der Waals surface area contributed by atoms with E-state index in [-0.39, 0.29) is 11.9 Å². The molecule has 2 N–H and O–H groups in total. The van der Waals surface area contributed by atoms with E-state index in [1.807, 2.05) is 19.1 Å². The van der Waals surface area contributed by atoms with Crippen LogP contribution in [0, 0.1) is 6.92 Å². The second-order valence-electron chi connectivity index (χ2n) is 6.58. The third-order valence-electron chi connectivity index (χ3n) is 4.85. The number of amides is 1. The standard InChI is InChI=1S/C17H24ClN3O/c1-12-3-4-14(18)11-16(12)21-9-7-20(8-10-21)13(2)17(22)19-15-5-6-15/h3-4,11,13,15H,5-10H2,1-2H3,(H,19,22)/p+1/t13-/m0/s1. The molecule has 2 fully saturated rings. The van der Waals surface area contributed by atoms with Crippen molar-refractivity contribution in [2.45, 2.75) is 38.8 Å². The Morgan fingerprint density at radius 3 is 2.68 bits per heavy atom. The first-order valence-corrected chi connectivity index (χ1v) is 8.58. The van der Waals surface area contributed by atoms with Crippen LogP contribution in [-0.2, 0) is 4.79 Å². The van der Waals surface area contributed by atoms with E-state index in [9.17, 15) is 4.79 Å². The molecule has 0 bridgehead atoms. The Morgan fingerprint density at radius 2 is 2.05 bits per heavy atom. The zero-order valence-corrected chi connectivity index (χ0v) is 14.1. The monoisotopic (exact) mass is 322 g/mol. The summed E-state index contributed by atoms with van der Waals surface area (Å²) in [7, 11) is 0. The van der Waals surface area contributed by atoms with Gasteiger partial charge in [0.1, 0.15) is 0 Å². The molecule has 1 atom stereocenters. The summed E-state index contributed by atoms with van der Waals surface area (Å²) in [6.07, 6.45) is 2.30. The van der Waals surface area contributed by atoms with Gasteiger partial charge in [-0.2, -0.15) is 0 Å². The molecule has 0 spiro atoms. The van der Waals surface area contributed by atoms with Crippen LogP contribution in [0.1, 0.15) is 25.3 Å². The quantitative estimate of drug-likeness (QED) is 0.868. The number of anilines is 1. The second kappa shape index (κ2) is 6.47. The Bertz CT molecular complexity index is 551. The third kappa shape index (κ3) is 3.55. The largest absolute Gasteiger partial charge is 0.360 e. The number of halogens is 1. The smallest absolute Gasteiger partial charge is 0.278 e. The molecule has 1 aromatic rings. The van der Waals surface area contributed by atoms with Crippen LogP contribution in [0.2, 0.25) is 5.02 Å². The molecule has 2 aliphatic rings. The van der Waals surface area contributed by atoms with Gasteiger partial charge in [0.15, 0.2) is 6.04 Å². The molecule has 1 aliphatic heterocycles. The van der Waals surface area contributed by atoms with Gasteiger partial charge in [0.05, 0.1) is 26.2 Å². The van der Waals surface area contributed by atoms with E-state index in [0.717, 1.165) is 44.0 Å². The van der Waals surface area contributed by atoms with Crippen LogP contribution in [0.15, 0.2) is 18.2 Å². The fourth-order valence-electron chi connectivity index (χ4n) is 3.13. The Hall–Kier alpha value is -1.26. The topological polar surface area (TPSA) is 36.8 Å². The first kappa shape index (κ1) is 15.6. The van der Waals surface area contributed by atoms with Gasteiger partial charge in [-0.3, -0.25) is 4.79 Å². The van der Waals surface area contributed by atoms with Gasteiger partial charge in [-0.25, -0.2) is 0 Å². The highest BCUT2D eigenvalue weighted by molar-refractivity contribution is 6.30. The van der Waals surface area contributed by atoms with Gasteiger partial charge in [-0.15, -0.1) is 0 Å². The minimum absolute atomic E-state index is 0.0446. The number of nitrogens with zero attached hydrogens (tertiary/aromatic N) is 1. The summed E-state index contributed by atoms with van der Waals surface area (Å²) in [5, 5.41) is 3.90. The summed E-state index contributed by atoms with van der Waals surface area (Å²) in [5.74, 6) is 0.213. The molecule has 1 saturated heterocycles. The predicted molar refractivity (Wildman–Crippen MR) is 89.7 cm³/mol. The van der Waals surface area contributed by atoms with Crippen molar-refractivity contribution >= 4 is 23.2 Å². The number of carbonyl (C=O) groups excluding carboxylic acids is 1. The Kier molecular flexibility index (Phi) is 4.59. The van der Waals surface area contributed by atoms with Gasteiger partial charge in [-0.1, -0.05) is 17.7 Å². The van der Waals surface area contributed by atoms with Crippen molar-refractivity contribution in [2.75, 3.05) is 31.1 Å². The third-order valence-corrected chi connectivity index (χ3v) is 5.08. The number of quaternary nitrogens is 1. The Morgan fingerprint density at radius 1 is 1.36 bits per heavy atom. The maximum absolute atomic E-state index is 12.2. The first-order chi connectivity index (χ1) is 10.5. The molecule has 0 radical (unpaired) electrons. The average molecular weight is 323 g/mol. The number of hydrogen-bond acceptors (Lipinski definition) is 2.